The van der Waals surface area contributed by atoms with Gasteiger partial charge in [-0.25, -0.2) is 4.98 Å². The van der Waals surface area contributed by atoms with Crippen molar-refractivity contribution in [1.29, 1.82) is 0 Å². The molecule has 0 spiro atoms. The fraction of sp³-hybridized carbons (Fsp3) is 0.429. The number of rotatable bonds is 2. The van der Waals surface area contributed by atoms with Crippen LogP contribution < -0.4 is 0 Å². The van der Waals surface area contributed by atoms with Gasteiger partial charge in [0.15, 0.2) is 0 Å². The molecule has 0 bridgehead atoms. The molecular formula is C14H16N2O2S2. The van der Waals surface area contributed by atoms with Crippen molar-refractivity contribution < 1.29 is 9.53 Å². The van der Waals surface area contributed by atoms with Crippen LogP contribution in [0.15, 0.2) is 23.0 Å². The highest BCUT2D eigenvalue weighted by Crippen LogP contribution is 2.41. The minimum Gasteiger partial charge on any atom is -0.377 e. The molecule has 3 rings (SSSR count). The summed E-state index contributed by atoms with van der Waals surface area (Å²) in [5.74, 6) is 0.0846. The average Bonchev–Trinajstić information content (AvgIpc) is 3.09. The van der Waals surface area contributed by atoms with E-state index in [0.29, 0.717) is 19.8 Å². The molecule has 6 heteroatoms. The lowest BCUT2D eigenvalue weighted by Crippen LogP contribution is -2.54. The minimum absolute atomic E-state index is 0.0846. The first-order chi connectivity index (χ1) is 9.63. The van der Waals surface area contributed by atoms with Gasteiger partial charge in [0.2, 0.25) is 5.91 Å². The van der Waals surface area contributed by atoms with Gasteiger partial charge in [0, 0.05) is 13.5 Å². The highest BCUT2D eigenvalue weighted by Gasteiger charge is 2.41. The Morgan fingerprint density at radius 3 is 3.05 bits per heavy atom. The van der Waals surface area contributed by atoms with Crippen LogP contribution in [0.4, 0.5) is 0 Å². The quantitative estimate of drug-likeness (QED) is 0.856. The maximum absolute atomic E-state index is 12.0. The predicted octanol–water partition coefficient (Wildman–Crippen LogP) is 2.97. The predicted molar refractivity (Wildman–Crippen MR) is 81.0 cm³/mol. The summed E-state index contributed by atoms with van der Waals surface area (Å²) >= 11 is 3.26. The largest absolute Gasteiger partial charge is 0.377 e. The van der Waals surface area contributed by atoms with Crippen LogP contribution >= 0.6 is 22.7 Å². The fourth-order valence-electron chi connectivity index (χ4n) is 2.66. The monoisotopic (exact) mass is 308 g/mol. The minimum atomic E-state index is -0.426. The zero-order valence-corrected chi connectivity index (χ0v) is 13.1. The highest BCUT2D eigenvalue weighted by atomic mass is 32.1. The number of carbonyl (C=O) groups excluding carboxylic acids is 1. The molecule has 106 valence electrons. The molecule has 1 aliphatic rings. The molecule has 0 N–H and O–H groups in total. The van der Waals surface area contributed by atoms with E-state index in [4.69, 9.17) is 4.74 Å². The molecule has 4 nitrogen and oxygen atoms in total. The second kappa shape index (κ2) is 5.27. The van der Waals surface area contributed by atoms with Gasteiger partial charge >= 0.3 is 0 Å². The summed E-state index contributed by atoms with van der Waals surface area (Å²) in [6.45, 7) is 5.44. The average molecular weight is 308 g/mol. The molecule has 1 aliphatic heterocycles. The Morgan fingerprint density at radius 2 is 2.35 bits per heavy atom. The van der Waals surface area contributed by atoms with Crippen molar-refractivity contribution in [2.45, 2.75) is 19.4 Å². The Hall–Kier alpha value is -1.24. The van der Waals surface area contributed by atoms with E-state index in [9.17, 15) is 4.79 Å². The van der Waals surface area contributed by atoms with Crippen molar-refractivity contribution in [3.63, 3.8) is 0 Å². The normalized spacial score (nSPS) is 23.0. The topological polar surface area (TPSA) is 42.4 Å². The molecule has 1 unspecified atom stereocenters. The van der Waals surface area contributed by atoms with Crippen molar-refractivity contribution >= 4 is 28.6 Å². The lowest BCUT2D eigenvalue weighted by Gasteiger charge is -2.43. The summed E-state index contributed by atoms with van der Waals surface area (Å²) in [4.78, 5) is 20.6. The Kier molecular flexibility index (Phi) is 3.62. The first-order valence-corrected chi connectivity index (χ1v) is 8.22. The van der Waals surface area contributed by atoms with Gasteiger partial charge in [-0.2, -0.15) is 0 Å². The maximum atomic E-state index is 12.0. The van der Waals surface area contributed by atoms with Crippen LogP contribution in [0.2, 0.25) is 0 Å². The second-order valence-electron chi connectivity index (χ2n) is 5.00. The zero-order valence-electron chi connectivity index (χ0n) is 11.5. The van der Waals surface area contributed by atoms with Crippen LogP contribution in [-0.2, 0) is 15.1 Å². The summed E-state index contributed by atoms with van der Waals surface area (Å²) in [6, 6.07) is 4.08. The summed E-state index contributed by atoms with van der Waals surface area (Å²) in [6.07, 6.45) is 0. The van der Waals surface area contributed by atoms with Crippen LogP contribution in [0.25, 0.3) is 10.6 Å². The van der Waals surface area contributed by atoms with Crippen LogP contribution in [0.1, 0.15) is 18.7 Å². The summed E-state index contributed by atoms with van der Waals surface area (Å²) in [7, 11) is 0. The third-order valence-corrected chi connectivity index (χ3v) is 5.59. The van der Waals surface area contributed by atoms with Gasteiger partial charge in [0.1, 0.15) is 0 Å². The first-order valence-electron chi connectivity index (χ1n) is 6.47. The van der Waals surface area contributed by atoms with Crippen molar-refractivity contribution in [2.24, 2.45) is 0 Å². The van der Waals surface area contributed by atoms with E-state index in [0.717, 1.165) is 15.4 Å². The van der Waals surface area contributed by atoms with E-state index in [1.165, 1.54) is 0 Å². The molecule has 0 radical (unpaired) electrons. The number of hydrogen-bond donors (Lipinski definition) is 0. The lowest BCUT2D eigenvalue weighted by atomic mass is 9.95. The smallest absolute Gasteiger partial charge is 0.220 e. The Labute approximate surface area is 126 Å². The van der Waals surface area contributed by atoms with Gasteiger partial charge in [-0.1, -0.05) is 6.07 Å². The van der Waals surface area contributed by atoms with Crippen LogP contribution in [0.5, 0.6) is 0 Å². The van der Waals surface area contributed by atoms with Gasteiger partial charge in [0.25, 0.3) is 0 Å². The number of thiophene rings is 1. The number of hydrogen-bond acceptors (Lipinski definition) is 5. The lowest BCUT2D eigenvalue weighted by molar-refractivity contribution is -0.146. The molecule has 1 saturated heterocycles. The van der Waals surface area contributed by atoms with E-state index >= 15 is 0 Å². The van der Waals surface area contributed by atoms with Gasteiger partial charge in [-0.3, -0.25) is 4.79 Å². The van der Waals surface area contributed by atoms with E-state index in [2.05, 4.69) is 18.0 Å². The van der Waals surface area contributed by atoms with Crippen molar-refractivity contribution in [3.8, 4) is 10.6 Å². The fourth-order valence-corrected chi connectivity index (χ4v) is 4.41. The summed E-state index contributed by atoms with van der Waals surface area (Å²) in [5, 5.41) is 2.04. The van der Waals surface area contributed by atoms with Crippen LogP contribution in [0.3, 0.4) is 0 Å². The second-order valence-corrected chi connectivity index (χ2v) is 6.81. The number of thiazole rings is 1. The molecule has 1 fully saturated rings. The Bertz CT molecular complexity index is 608. The standard InChI is InChI=1S/C14H16N2O2S2/c1-10(17)16-5-6-18-8-14(16,2)13-12(15-9-20-13)11-4-3-7-19-11/h3-4,7,9H,5-6,8H2,1-2H3. The van der Waals surface area contributed by atoms with E-state index < -0.39 is 5.54 Å². The zero-order chi connectivity index (χ0) is 14.2. The SMILES string of the molecule is CC(=O)N1CCOCC1(C)c1scnc1-c1cccs1. The van der Waals surface area contributed by atoms with Gasteiger partial charge in [0.05, 0.1) is 39.7 Å². The van der Waals surface area contributed by atoms with E-state index in [1.807, 2.05) is 21.9 Å². The van der Waals surface area contributed by atoms with Crippen molar-refractivity contribution in [1.82, 2.24) is 9.88 Å². The third kappa shape index (κ3) is 2.17. The molecule has 0 aliphatic carbocycles. The number of carbonyl (C=O) groups is 1. The molecule has 20 heavy (non-hydrogen) atoms. The van der Waals surface area contributed by atoms with Crippen molar-refractivity contribution in [2.75, 3.05) is 19.8 Å². The molecule has 0 saturated carbocycles. The number of amides is 1. The van der Waals surface area contributed by atoms with Gasteiger partial charge in [-0.15, -0.1) is 22.7 Å². The molecule has 0 aromatic carbocycles. The Balaban J connectivity index is 2.07. The molecule has 2 aromatic rings. The van der Waals surface area contributed by atoms with Gasteiger partial charge in [-0.05, 0) is 18.4 Å². The number of nitrogens with zero attached hydrogens (tertiary/aromatic N) is 2. The highest BCUT2D eigenvalue weighted by molar-refractivity contribution is 7.14. The molecule has 1 amide bonds. The number of aromatic nitrogens is 1. The molecule has 1 atom stereocenters. The maximum Gasteiger partial charge on any atom is 0.220 e. The van der Waals surface area contributed by atoms with Gasteiger partial charge < -0.3 is 9.64 Å². The molecular weight excluding hydrogens is 292 g/mol. The summed E-state index contributed by atoms with van der Waals surface area (Å²) < 4.78 is 5.65. The third-order valence-electron chi connectivity index (χ3n) is 3.63. The molecule has 2 aromatic heterocycles. The van der Waals surface area contributed by atoms with Crippen LogP contribution in [0, 0.1) is 0 Å². The van der Waals surface area contributed by atoms with Crippen molar-refractivity contribution in [3.05, 3.63) is 27.9 Å². The number of ether oxygens (including phenoxy) is 1. The Morgan fingerprint density at radius 1 is 1.50 bits per heavy atom. The summed E-state index contributed by atoms with van der Waals surface area (Å²) in [5.41, 5.74) is 2.40. The van der Waals surface area contributed by atoms with Crippen LogP contribution in [-0.4, -0.2) is 35.5 Å². The first kappa shape index (κ1) is 13.7. The van der Waals surface area contributed by atoms with E-state index in [1.54, 1.807) is 29.6 Å². The number of morpholine rings is 1. The van der Waals surface area contributed by atoms with E-state index in [-0.39, 0.29) is 5.91 Å². The molecule has 3 heterocycles.